The first-order valence-corrected chi connectivity index (χ1v) is 8.83. The molecule has 0 atom stereocenters. The minimum atomic E-state index is -4.49. The van der Waals surface area contributed by atoms with Gasteiger partial charge in [0.1, 0.15) is 5.82 Å². The van der Waals surface area contributed by atoms with E-state index in [-0.39, 0.29) is 18.3 Å². The molecule has 0 radical (unpaired) electrons. The van der Waals surface area contributed by atoms with Gasteiger partial charge in [-0.3, -0.25) is 0 Å². The molecule has 2 aromatic carbocycles. The van der Waals surface area contributed by atoms with Crippen LogP contribution in [-0.2, 0) is 12.7 Å². The molecular formula is C20H20F4N2O. The third-order valence-corrected chi connectivity index (χ3v) is 4.77. The number of benzene rings is 2. The Morgan fingerprint density at radius 2 is 1.78 bits per heavy atom. The second-order valence-corrected chi connectivity index (χ2v) is 6.67. The van der Waals surface area contributed by atoms with Crippen molar-refractivity contribution < 1.29 is 22.4 Å². The van der Waals surface area contributed by atoms with Crippen molar-refractivity contribution in [3.8, 4) is 0 Å². The summed E-state index contributed by atoms with van der Waals surface area (Å²) < 4.78 is 52.7. The van der Waals surface area contributed by atoms with Gasteiger partial charge >= 0.3 is 12.2 Å². The zero-order valence-corrected chi connectivity index (χ0v) is 14.6. The van der Waals surface area contributed by atoms with Gasteiger partial charge in [0.05, 0.1) is 12.1 Å². The lowest BCUT2D eigenvalue weighted by molar-refractivity contribution is -0.137. The van der Waals surface area contributed by atoms with Crippen LogP contribution in [0.1, 0.15) is 36.8 Å². The van der Waals surface area contributed by atoms with E-state index in [2.05, 4.69) is 5.32 Å². The lowest BCUT2D eigenvalue weighted by Crippen LogP contribution is -2.41. The van der Waals surface area contributed by atoms with Gasteiger partial charge in [0.25, 0.3) is 0 Å². The van der Waals surface area contributed by atoms with Crippen LogP contribution in [0, 0.1) is 5.82 Å². The first-order valence-electron chi connectivity index (χ1n) is 8.83. The molecule has 1 fully saturated rings. The Bertz CT molecular complexity index is 801. The highest BCUT2D eigenvalue weighted by molar-refractivity contribution is 5.89. The number of nitrogens with zero attached hydrogens (tertiary/aromatic N) is 1. The maximum absolute atomic E-state index is 14.0. The molecule has 7 heteroatoms. The Labute approximate surface area is 155 Å². The number of carbonyl (C=O) groups is 1. The van der Waals surface area contributed by atoms with Crippen LogP contribution in [0.15, 0.2) is 48.5 Å². The van der Waals surface area contributed by atoms with Crippen molar-refractivity contribution in [2.75, 3.05) is 5.32 Å². The van der Waals surface area contributed by atoms with E-state index in [0.717, 1.165) is 37.8 Å². The average Bonchev–Trinajstić information content (AvgIpc) is 3.14. The zero-order valence-electron chi connectivity index (χ0n) is 14.6. The molecule has 1 aliphatic carbocycles. The number of anilines is 1. The minimum Gasteiger partial charge on any atom is -0.317 e. The van der Waals surface area contributed by atoms with Crippen LogP contribution in [-0.4, -0.2) is 17.0 Å². The minimum absolute atomic E-state index is 0.0598. The number of rotatable bonds is 4. The lowest BCUT2D eigenvalue weighted by atomic mass is 10.1. The molecule has 3 nitrogen and oxygen atoms in total. The Kier molecular flexibility index (Phi) is 5.68. The van der Waals surface area contributed by atoms with Crippen LogP contribution in [0.4, 0.5) is 28.0 Å². The van der Waals surface area contributed by atoms with Crippen molar-refractivity contribution in [2.24, 2.45) is 0 Å². The summed E-state index contributed by atoms with van der Waals surface area (Å²) in [5.74, 6) is -0.410. The van der Waals surface area contributed by atoms with Gasteiger partial charge in [-0.15, -0.1) is 0 Å². The van der Waals surface area contributed by atoms with Gasteiger partial charge in [-0.05, 0) is 37.1 Å². The fourth-order valence-corrected chi connectivity index (χ4v) is 3.36. The predicted molar refractivity (Wildman–Crippen MR) is 94.7 cm³/mol. The molecule has 0 aromatic heterocycles. The van der Waals surface area contributed by atoms with Crippen LogP contribution in [0.5, 0.6) is 0 Å². The van der Waals surface area contributed by atoms with Crippen molar-refractivity contribution in [3.05, 3.63) is 65.5 Å². The van der Waals surface area contributed by atoms with Gasteiger partial charge < -0.3 is 10.2 Å². The second-order valence-electron chi connectivity index (χ2n) is 6.67. The number of halogens is 4. The van der Waals surface area contributed by atoms with Gasteiger partial charge in [-0.1, -0.05) is 37.1 Å². The predicted octanol–water partition coefficient (Wildman–Crippen LogP) is 5.82. The third-order valence-electron chi connectivity index (χ3n) is 4.77. The molecule has 1 aliphatic rings. The Balaban J connectivity index is 1.80. The molecule has 2 aromatic rings. The van der Waals surface area contributed by atoms with Gasteiger partial charge in [0.2, 0.25) is 0 Å². The van der Waals surface area contributed by atoms with E-state index in [4.69, 9.17) is 0 Å². The van der Waals surface area contributed by atoms with E-state index in [0.29, 0.717) is 5.56 Å². The number of nitrogens with one attached hydrogen (secondary N) is 1. The fraction of sp³-hybridized carbons (Fsp3) is 0.350. The third kappa shape index (κ3) is 4.78. The molecule has 0 saturated heterocycles. The van der Waals surface area contributed by atoms with Crippen LogP contribution < -0.4 is 5.32 Å². The van der Waals surface area contributed by atoms with Gasteiger partial charge in [-0.2, -0.15) is 13.2 Å². The van der Waals surface area contributed by atoms with E-state index in [9.17, 15) is 22.4 Å². The molecule has 0 spiro atoms. The molecule has 1 saturated carbocycles. The van der Waals surface area contributed by atoms with Crippen molar-refractivity contribution in [1.82, 2.24) is 4.90 Å². The second kappa shape index (κ2) is 7.98. The molecule has 1 N–H and O–H groups in total. The number of alkyl halides is 3. The molecule has 0 unspecified atom stereocenters. The van der Waals surface area contributed by atoms with Crippen LogP contribution in [0.25, 0.3) is 0 Å². The monoisotopic (exact) mass is 380 g/mol. The van der Waals surface area contributed by atoms with Crippen LogP contribution in [0.3, 0.4) is 0 Å². The zero-order chi connectivity index (χ0) is 19.4. The Morgan fingerprint density at radius 1 is 1.07 bits per heavy atom. The summed E-state index contributed by atoms with van der Waals surface area (Å²) in [6, 6.07) is 10.1. The summed E-state index contributed by atoms with van der Waals surface area (Å²) in [6.45, 7) is 0.0716. The summed E-state index contributed by atoms with van der Waals surface area (Å²) in [7, 11) is 0. The number of hydrogen-bond acceptors (Lipinski definition) is 1. The first kappa shape index (κ1) is 19.2. The summed E-state index contributed by atoms with van der Waals surface area (Å²) in [4.78, 5) is 14.3. The van der Waals surface area contributed by atoms with E-state index in [1.165, 1.54) is 23.1 Å². The van der Waals surface area contributed by atoms with Crippen molar-refractivity contribution in [2.45, 2.75) is 44.4 Å². The summed E-state index contributed by atoms with van der Waals surface area (Å²) in [5, 5.41) is 2.54. The van der Waals surface area contributed by atoms with Crippen molar-refractivity contribution >= 4 is 11.7 Å². The number of hydrogen-bond donors (Lipinski definition) is 1. The SMILES string of the molecule is O=C(Nc1cccc(C(F)(F)F)c1)N(Cc1ccccc1F)C1CCCC1. The highest BCUT2D eigenvalue weighted by Gasteiger charge is 2.31. The van der Waals surface area contributed by atoms with Crippen molar-refractivity contribution in [3.63, 3.8) is 0 Å². The number of amides is 2. The molecular weight excluding hydrogens is 360 g/mol. The summed E-state index contributed by atoms with van der Waals surface area (Å²) >= 11 is 0. The highest BCUT2D eigenvalue weighted by Crippen LogP contribution is 2.31. The molecule has 0 bridgehead atoms. The summed E-state index contributed by atoms with van der Waals surface area (Å²) in [5.41, 5.74) is -0.392. The fourth-order valence-electron chi connectivity index (χ4n) is 3.36. The molecule has 0 heterocycles. The van der Waals surface area contributed by atoms with E-state index < -0.39 is 23.6 Å². The van der Waals surface area contributed by atoms with E-state index in [1.807, 2.05) is 0 Å². The molecule has 0 aliphatic heterocycles. The Hall–Kier alpha value is -2.57. The number of urea groups is 1. The largest absolute Gasteiger partial charge is 0.416 e. The Morgan fingerprint density at radius 3 is 2.44 bits per heavy atom. The standard InChI is InChI=1S/C20H20F4N2O/c21-18-11-4-1-6-14(18)13-26(17-9-2-3-10-17)19(27)25-16-8-5-7-15(12-16)20(22,23)24/h1,4-8,11-12,17H,2-3,9-10,13H2,(H,25,27). The highest BCUT2D eigenvalue weighted by atomic mass is 19.4. The molecule has 144 valence electrons. The van der Waals surface area contributed by atoms with Gasteiger partial charge in [-0.25, -0.2) is 9.18 Å². The van der Waals surface area contributed by atoms with Crippen molar-refractivity contribution in [1.29, 1.82) is 0 Å². The average molecular weight is 380 g/mol. The van der Waals surface area contributed by atoms with E-state index >= 15 is 0 Å². The lowest BCUT2D eigenvalue weighted by Gasteiger charge is -2.29. The van der Waals surface area contributed by atoms with Gasteiger partial charge in [0, 0.05) is 17.3 Å². The quantitative estimate of drug-likeness (QED) is 0.666. The molecule has 27 heavy (non-hydrogen) atoms. The summed E-state index contributed by atoms with van der Waals surface area (Å²) in [6.07, 6.45) is -0.960. The van der Waals surface area contributed by atoms with Crippen LogP contribution >= 0.6 is 0 Å². The smallest absolute Gasteiger partial charge is 0.317 e. The number of carbonyl (C=O) groups excluding carboxylic acids is 1. The van der Waals surface area contributed by atoms with Crippen LogP contribution in [0.2, 0.25) is 0 Å². The van der Waals surface area contributed by atoms with E-state index in [1.54, 1.807) is 18.2 Å². The maximum Gasteiger partial charge on any atom is 0.416 e. The normalized spacial score (nSPS) is 15.0. The molecule has 3 rings (SSSR count). The molecule has 2 amide bonds. The topological polar surface area (TPSA) is 32.3 Å². The van der Waals surface area contributed by atoms with Gasteiger partial charge in [0.15, 0.2) is 0 Å². The maximum atomic E-state index is 14.0. The first-order chi connectivity index (χ1) is 12.8.